The van der Waals surface area contributed by atoms with Gasteiger partial charge in [0, 0.05) is 36.6 Å². The molecule has 0 atom stereocenters. The first kappa shape index (κ1) is 18.0. The van der Waals surface area contributed by atoms with Gasteiger partial charge in [-0.05, 0) is 36.4 Å². The molecule has 0 unspecified atom stereocenters. The molecule has 1 N–H and O–H groups in total. The zero-order chi connectivity index (χ0) is 20.2. The minimum absolute atomic E-state index is 0.0561. The van der Waals surface area contributed by atoms with Crippen LogP contribution in [0.4, 0.5) is 17.6 Å². The first-order valence-corrected chi connectivity index (χ1v) is 8.27. The summed E-state index contributed by atoms with van der Waals surface area (Å²) in [6.45, 7) is 0. The molecule has 0 saturated carbocycles. The predicted octanol–water partition coefficient (Wildman–Crippen LogP) is 4.03. The smallest absolute Gasteiger partial charge is 0.355 e. The summed E-state index contributed by atoms with van der Waals surface area (Å²) in [5.74, 6) is -1.30. The Bertz CT molecular complexity index is 1240. The monoisotopic (exact) mass is 390 g/mol. The number of hydrogen-bond donors (Lipinski definition) is 1. The van der Waals surface area contributed by atoms with Gasteiger partial charge in [0.2, 0.25) is 0 Å². The van der Waals surface area contributed by atoms with Crippen LogP contribution in [0.1, 0.15) is 15.9 Å². The van der Waals surface area contributed by atoms with Crippen LogP contribution in [0.5, 0.6) is 0 Å². The molecule has 0 bridgehead atoms. The van der Waals surface area contributed by atoms with Gasteiger partial charge in [0.05, 0.1) is 16.8 Å². The van der Waals surface area contributed by atoms with Crippen molar-refractivity contribution in [3.05, 3.63) is 59.5 Å². The molecule has 28 heavy (non-hydrogen) atoms. The van der Waals surface area contributed by atoms with Crippen molar-refractivity contribution in [2.75, 3.05) is 7.05 Å². The van der Waals surface area contributed by atoms with E-state index in [-0.39, 0.29) is 11.6 Å². The third kappa shape index (κ3) is 2.70. The number of nitrogens with zero attached hydrogens (tertiary/aromatic N) is 3. The number of fused-ring (bicyclic) bond motifs is 3. The van der Waals surface area contributed by atoms with E-state index in [1.165, 1.54) is 16.3 Å². The fourth-order valence-electron chi connectivity index (χ4n) is 3.29. The standard InChI is InChI=1S/C19H14F4N4O/c1-24-18(28)10-3-5-15-12(7-10)13-9-26(2)25-17(13)27(15)16-6-4-11(8-14(16)20)19(21,22)23/h3-9H,1-2H3,(H,24,28). The van der Waals surface area contributed by atoms with Gasteiger partial charge >= 0.3 is 6.18 Å². The van der Waals surface area contributed by atoms with E-state index in [9.17, 15) is 22.4 Å². The van der Waals surface area contributed by atoms with Gasteiger partial charge in [-0.1, -0.05) is 0 Å². The van der Waals surface area contributed by atoms with Crippen LogP contribution >= 0.6 is 0 Å². The summed E-state index contributed by atoms with van der Waals surface area (Å²) in [7, 11) is 3.19. The number of aryl methyl sites for hydroxylation is 1. The lowest BCUT2D eigenvalue weighted by molar-refractivity contribution is -0.137. The van der Waals surface area contributed by atoms with Crippen molar-refractivity contribution in [3.8, 4) is 5.69 Å². The minimum atomic E-state index is -4.64. The molecule has 144 valence electrons. The Morgan fingerprint density at radius 2 is 1.86 bits per heavy atom. The summed E-state index contributed by atoms with van der Waals surface area (Å²) in [6.07, 6.45) is -2.93. The first-order valence-electron chi connectivity index (χ1n) is 8.27. The summed E-state index contributed by atoms with van der Waals surface area (Å²) < 4.78 is 56.3. The number of halogens is 4. The van der Waals surface area contributed by atoms with Crippen molar-refractivity contribution in [1.82, 2.24) is 19.7 Å². The normalized spacial score (nSPS) is 12.1. The maximum atomic E-state index is 14.6. The molecule has 0 spiro atoms. The topological polar surface area (TPSA) is 51.9 Å². The van der Waals surface area contributed by atoms with Crippen LogP contribution < -0.4 is 5.32 Å². The van der Waals surface area contributed by atoms with Gasteiger partial charge in [-0.15, -0.1) is 0 Å². The van der Waals surface area contributed by atoms with Gasteiger partial charge < -0.3 is 5.32 Å². The van der Waals surface area contributed by atoms with Crippen LogP contribution in [-0.2, 0) is 13.2 Å². The summed E-state index contributed by atoms with van der Waals surface area (Å²) in [5.41, 5.74) is 0.198. The zero-order valence-electron chi connectivity index (χ0n) is 14.8. The lowest BCUT2D eigenvalue weighted by Crippen LogP contribution is -2.17. The summed E-state index contributed by atoms with van der Waals surface area (Å²) >= 11 is 0. The van der Waals surface area contributed by atoms with Crippen molar-refractivity contribution in [1.29, 1.82) is 0 Å². The third-order valence-corrected chi connectivity index (χ3v) is 4.55. The minimum Gasteiger partial charge on any atom is -0.355 e. The molecule has 2 aromatic heterocycles. The second-order valence-electron chi connectivity index (χ2n) is 6.35. The third-order valence-electron chi connectivity index (χ3n) is 4.55. The van der Waals surface area contributed by atoms with Gasteiger partial charge in [-0.25, -0.2) is 4.39 Å². The molecule has 0 radical (unpaired) electrons. The Morgan fingerprint density at radius 1 is 1.11 bits per heavy atom. The number of carbonyl (C=O) groups is 1. The molecule has 0 aliphatic carbocycles. The van der Waals surface area contributed by atoms with Crippen molar-refractivity contribution in [2.24, 2.45) is 7.05 Å². The van der Waals surface area contributed by atoms with E-state index in [1.54, 1.807) is 31.4 Å². The highest BCUT2D eigenvalue weighted by Crippen LogP contribution is 2.35. The van der Waals surface area contributed by atoms with Crippen molar-refractivity contribution < 1.29 is 22.4 Å². The first-order chi connectivity index (χ1) is 13.2. The van der Waals surface area contributed by atoms with Crippen molar-refractivity contribution in [3.63, 3.8) is 0 Å². The average molecular weight is 390 g/mol. The molecule has 9 heteroatoms. The Labute approximate surface area is 156 Å². The molecule has 0 saturated heterocycles. The number of benzene rings is 2. The fraction of sp³-hybridized carbons (Fsp3) is 0.158. The molecule has 2 heterocycles. The van der Waals surface area contributed by atoms with Crippen LogP contribution in [0.15, 0.2) is 42.6 Å². The second kappa shape index (κ2) is 6.08. The van der Waals surface area contributed by atoms with Crippen LogP contribution in [0.2, 0.25) is 0 Å². The number of alkyl halides is 3. The highest BCUT2D eigenvalue weighted by molar-refractivity contribution is 6.10. The molecule has 5 nitrogen and oxygen atoms in total. The molecule has 0 fully saturated rings. The second-order valence-corrected chi connectivity index (χ2v) is 6.35. The van der Waals surface area contributed by atoms with E-state index in [0.717, 1.165) is 12.1 Å². The molecule has 2 aromatic carbocycles. The number of carbonyl (C=O) groups excluding carboxylic acids is 1. The maximum Gasteiger partial charge on any atom is 0.416 e. The Morgan fingerprint density at radius 3 is 2.50 bits per heavy atom. The Balaban J connectivity index is 2.02. The zero-order valence-corrected chi connectivity index (χ0v) is 14.8. The van der Waals surface area contributed by atoms with Gasteiger partial charge in [0.15, 0.2) is 5.65 Å². The van der Waals surface area contributed by atoms with Gasteiger partial charge in [-0.2, -0.15) is 18.3 Å². The largest absolute Gasteiger partial charge is 0.416 e. The Kier molecular flexibility index (Phi) is 3.91. The molecule has 1 amide bonds. The highest BCUT2D eigenvalue weighted by Gasteiger charge is 2.31. The number of nitrogens with one attached hydrogen (secondary N) is 1. The van der Waals surface area contributed by atoms with E-state index >= 15 is 0 Å². The molecule has 4 aromatic rings. The van der Waals surface area contributed by atoms with E-state index in [2.05, 4.69) is 10.4 Å². The summed E-state index contributed by atoms with van der Waals surface area (Å²) in [6, 6.07) is 7.22. The molecule has 0 aliphatic heterocycles. The number of amides is 1. The molecule has 4 rings (SSSR count). The fourth-order valence-corrected chi connectivity index (χ4v) is 3.29. The average Bonchev–Trinajstić information content (AvgIpc) is 3.15. The lowest BCUT2D eigenvalue weighted by atomic mass is 10.1. The maximum absolute atomic E-state index is 14.6. The summed E-state index contributed by atoms with van der Waals surface area (Å²) in [5, 5.41) is 8.16. The molecular weight excluding hydrogens is 376 g/mol. The molecule has 0 aliphatic rings. The lowest BCUT2D eigenvalue weighted by Gasteiger charge is -2.11. The predicted molar refractivity (Wildman–Crippen MR) is 95.9 cm³/mol. The number of rotatable bonds is 2. The van der Waals surface area contributed by atoms with E-state index in [4.69, 9.17) is 0 Å². The SMILES string of the molecule is CNC(=O)c1ccc2c(c1)c1cn(C)nc1n2-c1ccc(C(F)(F)F)cc1F. The van der Waals surface area contributed by atoms with Gasteiger partial charge in [-0.3, -0.25) is 14.0 Å². The highest BCUT2D eigenvalue weighted by atomic mass is 19.4. The van der Waals surface area contributed by atoms with E-state index in [0.29, 0.717) is 33.6 Å². The van der Waals surface area contributed by atoms with Crippen LogP contribution in [-0.4, -0.2) is 27.3 Å². The van der Waals surface area contributed by atoms with Crippen LogP contribution in [0.3, 0.4) is 0 Å². The van der Waals surface area contributed by atoms with Crippen LogP contribution in [0.25, 0.3) is 27.6 Å². The van der Waals surface area contributed by atoms with Gasteiger partial charge in [0.1, 0.15) is 5.82 Å². The van der Waals surface area contributed by atoms with E-state index in [1.807, 2.05) is 0 Å². The quantitative estimate of drug-likeness (QED) is 0.526. The Hall–Kier alpha value is -3.36. The van der Waals surface area contributed by atoms with E-state index < -0.39 is 17.6 Å². The summed E-state index contributed by atoms with van der Waals surface area (Å²) in [4.78, 5) is 12.0. The van der Waals surface area contributed by atoms with Crippen molar-refractivity contribution in [2.45, 2.75) is 6.18 Å². The van der Waals surface area contributed by atoms with Gasteiger partial charge in [0.25, 0.3) is 5.91 Å². The molecular formula is C19H14F4N4O. The van der Waals surface area contributed by atoms with Crippen LogP contribution in [0, 0.1) is 5.82 Å². The van der Waals surface area contributed by atoms with Crippen molar-refractivity contribution >= 4 is 27.8 Å². The number of hydrogen-bond acceptors (Lipinski definition) is 2. The number of aromatic nitrogens is 3.